The van der Waals surface area contributed by atoms with E-state index in [1.807, 2.05) is 36.7 Å². The number of aryl methyl sites for hydroxylation is 1. The highest BCUT2D eigenvalue weighted by atomic mass is 32.2. The number of alkyl halides is 3. The molecular formula is C19H22F3N3O4S2. The smallest absolute Gasteiger partial charge is 0.475 e. The van der Waals surface area contributed by atoms with E-state index in [-0.39, 0.29) is 0 Å². The number of likely N-dealkylation sites (tertiary alicyclic amines) is 1. The summed E-state index contributed by atoms with van der Waals surface area (Å²) >= 11 is 1.68. The summed E-state index contributed by atoms with van der Waals surface area (Å²) in [5, 5.41) is 7.12. The molecule has 0 amide bonds. The van der Waals surface area contributed by atoms with Crippen molar-refractivity contribution in [3.05, 3.63) is 45.9 Å². The number of carboxylic acid groups (broad SMARTS) is 1. The van der Waals surface area contributed by atoms with Crippen LogP contribution in [0.5, 0.6) is 0 Å². The van der Waals surface area contributed by atoms with Crippen LogP contribution in [0.15, 0.2) is 29.8 Å². The molecule has 4 rings (SSSR count). The topological polar surface area (TPSA) is 90.8 Å². The number of carboxylic acids is 1. The van der Waals surface area contributed by atoms with E-state index < -0.39 is 26.9 Å². The van der Waals surface area contributed by atoms with Crippen molar-refractivity contribution in [1.29, 1.82) is 0 Å². The van der Waals surface area contributed by atoms with Gasteiger partial charge in [0.1, 0.15) is 4.75 Å². The molecule has 3 heterocycles. The number of anilines is 1. The first-order valence-electron chi connectivity index (χ1n) is 9.39. The summed E-state index contributed by atoms with van der Waals surface area (Å²) < 4.78 is 58.7. The predicted octanol–water partition coefficient (Wildman–Crippen LogP) is 3.36. The molecule has 0 unspecified atom stereocenters. The highest BCUT2D eigenvalue weighted by Gasteiger charge is 2.55. The van der Waals surface area contributed by atoms with Gasteiger partial charge in [0, 0.05) is 31.6 Å². The van der Waals surface area contributed by atoms with Crippen LogP contribution in [-0.2, 0) is 26.1 Å². The average molecular weight is 478 g/mol. The minimum atomic E-state index is -5.08. The maximum Gasteiger partial charge on any atom is 0.490 e. The Morgan fingerprint density at radius 2 is 1.84 bits per heavy atom. The molecule has 31 heavy (non-hydrogen) atoms. The molecule has 0 saturated carbocycles. The van der Waals surface area contributed by atoms with E-state index in [2.05, 4.69) is 9.88 Å². The second-order valence-corrected chi connectivity index (χ2v) is 10.6. The lowest BCUT2D eigenvalue weighted by molar-refractivity contribution is -0.192. The summed E-state index contributed by atoms with van der Waals surface area (Å²) in [5.41, 5.74) is 4.77. The third kappa shape index (κ3) is 4.28. The Bertz CT molecular complexity index is 1060. The van der Waals surface area contributed by atoms with Crippen LogP contribution in [0.4, 0.5) is 18.9 Å². The number of hydrogen-bond acceptors (Lipinski definition) is 6. The fraction of sp³-hybridized carbons (Fsp3) is 0.474. The van der Waals surface area contributed by atoms with Crippen LogP contribution in [0.2, 0.25) is 0 Å². The van der Waals surface area contributed by atoms with Crippen LogP contribution >= 0.6 is 11.3 Å². The van der Waals surface area contributed by atoms with Crippen LogP contribution in [0.3, 0.4) is 0 Å². The molecule has 170 valence electrons. The standard InChI is InChI=1S/C17H21N3O2S2.C2HF3O2/c1-13-16(23-12-18-13)11-20-9-7-17(8-10-20)14-5-3-4-6-15(14)19(2)24(17,21)22;3-2(4,5)1(6)7/h3-6,12H,7-11H2,1-2H3;(H,6,7). The lowest BCUT2D eigenvalue weighted by atomic mass is 9.87. The number of aromatic nitrogens is 1. The Morgan fingerprint density at radius 1 is 1.26 bits per heavy atom. The molecule has 1 fully saturated rings. The lowest BCUT2D eigenvalue weighted by Crippen LogP contribution is -2.47. The Hall–Kier alpha value is -2.18. The van der Waals surface area contributed by atoms with Crippen LogP contribution in [-0.4, -0.2) is 55.7 Å². The van der Waals surface area contributed by atoms with Gasteiger partial charge in [-0.2, -0.15) is 13.2 Å². The highest BCUT2D eigenvalue weighted by Crippen LogP contribution is 2.51. The molecule has 1 aromatic carbocycles. The molecule has 12 heteroatoms. The van der Waals surface area contributed by atoms with Crippen molar-refractivity contribution in [3.63, 3.8) is 0 Å². The van der Waals surface area contributed by atoms with Gasteiger partial charge in [-0.1, -0.05) is 18.2 Å². The number of fused-ring (bicyclic) bond motifs is 2. The van der Waals surface area contributed by atoms with Crippen molar-refractivity contribution in [2.75, 3.05) is 24.4 Å². The summed E-state index contributed by atoms with van der Waals surface area (Å²) in [5.74, 6) is -2.76. The SMILES string of the molecule is Cc1ncsc1CN1CCC2(CC1)c1ccccc1N(C)S2(=O)=O.O=C(O)C(F)(F)F. The van der Waals surface area contributed by atoms with Gasteiger partial charge in [0.05, 0.1) is 16.9 Å². The normalized spacial score (nSPS) is 19.6. The number of aliphatic carboxylic acids is 1. The largest absolute Gasteiger partial charge is 0.490 e. The van der Waals surface area contributed by atoms with Gasteiger partial charge in [0.25, 0.3) is 0 Å². The van der Waals surface area contributed by atoms with Crippen LogP contribution < -0.4 is 4.31 Å². The number of sulfonamides is 1. The number of piperidine rings is 1. The maximum absolute atomic E-state index is 13.1. The first-order chi connectivity index (χ1) is 14.4. The Labute approximate surface area is 182 Å². The zero-order chi connectivity index (χ0) is 23.0. The van der Waals surface area contributed by atoms with E-state index in [1.165, 1.54) is 9.18 Å². The number of benzene rings is 1. The Morgan fingerprint density at radius 3 is 2.35 bits per heavy atom. The number of para-hydroxylation sites is 1. The first kappa shape index (κ1) is 23.5. The number of carbonyl (C=O) groups is 1. The fourth-order valence-corrected chi connectivity index (χ4v) is 6.85. The van der Waals surface area contributed by atoms with E-state index in [4.69, 9.17) is 9.90 Å². The number of nitrogens with zero attached hydrogens (tertiary/aromatic N) is 3. The monoisotopic (exact) mass is 477 g/mol. The van der Waals surface area contributed by atoms with E-state index in [0.29, 0.717) is 12.8 Å². The van der Waals surface area contributed by atoms with E-state index in [1.54, 1.807) is 18.4 Å². The summed E-state index contributed by atoms with van der Waals surface area (Å²) in [4.78, 5) is 16.8. The van der Waals surface area contributed by atoms with Gasteiger partial charge in [0.2, 0.25) is 10.0 Å². The van der Waals surface area contributed by atoms with Crippen molar-refractivity contribution in [2.45, 2.75) is 37.2 Å². The molecule has 2 aliphatic heterocycles. The third-order valence-corrected chi connectivity index (χ3v) is 9.16. The molecular weight excluding hydrogens is 455 g/mol. The summed E-state index contributed by atoms with van der Waals surface area (Å²) in [6, 6.07) is 7.75. The van der Waals surface area contributed by atoms with Gasteiger partial charge >= 0.3 is 12.1 Å². The van der Waals surface area contributed by atoms with Gasteiger partial charge in [-0.05, 0) is 31.4 Å². The molecule has 0 aliphatic carbocycles. The minimum absolute atomic E-state index is 0.647. The number of rotatable bonds is 2. The molecule has 1 N–H and O–H groups in total. The zero-order valence-electron chi connectivity index (χ0n) is 16.9. The quantitative estimate of drug-likeness (QED) is 0.714. The summed E-state index contributed by atoms with van der Waals surface area (Å²) in [6.45, 7) is 4.48. The van der Waals surface area contributed by atoms with Gasteiger partial charge in [-0.25, -0.2) is 18.2 Å². The molecule has 2 aliphatic rings. The minimum Gasteiger partial charge on any atom is -0.475 e. The number of halogens is 3. The third-order valence-electron chi connectivity index (χ3n) is 5.71. The molecule has 1 aromatic heterocycles. The van der Waals surface area contributed by atoms with Gasteiger partial charge in [-0.3, -0.25) is 9.21 Å². The summed E-state index contributed by atoms with van der Waals surface area (Å²) in [7, 11) is -1.67. The zero-order valence-corrected chi connectivity index (χ0v) is 18.5. The number of hydrogen-bond donors (Lipinski definition) is 1. The molecule has 0 bridgehead atoms. The molecule has 1 saturated heterocycles. The second kappa shape index (κ2) is 8.40. The molecule has 1 spiro atoms. The lowest BCUT2D eigenvalue weighted by Gasteiger charge is -2.38. The van der Waals surface area contributed by atoms with Crippen LogP contribution in [0.25, 0.3) is 0 Å². The molecule has 7 nitrogen and oxygen atoms in total. The maximum atomic E-state index is 13.1. The van der Waals surface area contributed by atoms with Gasteiger partial charge < -0.3 is 5.11 Å². The summed E-state index contributed by atoms with van der Waals surface area (Å²) in [6.07, 6.45) is -3.79. The van der Waals surface area contributed by atoms with E-state index in [0.717, 1.165) is 36.6 Å². The van der Waals surface area contributed by atoms with Gasteiger partial charge in [0.15, 0.2) is 0 Å². The van der Waals surface area contributed by atoms with E-state index in [9.17, 15) is 21.6 Å². The molecule has 0 atom stereocenters. The van der Waals surface area contributed by atoms with E-state index >= 15 is 0 Å². The fourth-order valence-electron chi connectivity index (χ4n) is 3.94. The van der Waals surface area contributed by atoms with Crippen LogP contribution in [0, 0.1) is 6.92 Å². The first-order valence-corrected chi connectivity index (χ1v) is 11.7. The highest BCUT2D eigenvalue weighted by molar-refractivity contribution is 7.94. The van der Waals surface area contributed by atoms with Crippen molar-refractivity contribution in [1.82, 2.24) is 9.88 Å². The van der Waals surface area contributed by atoms with Crippen molar-refractivity contribution >= 4 is 33.0 Å². The van der Waals surface area contributed by atoms with Gasteiger partial charge in [-0.15, -0.1) is 11.3 Å². The van der Waals surface area contributed by atoms with Crippen molar-refractivity contribution in [2.24, 2.45) is 0 Å². The Kier molecular flexibility index (Phi) is 6.36. The molecule has 2 aromatic rings. The van der Waals surface area contributed by atoms with Crippen molar-refractivity contribution < 1.29 is 31.5 Å². The molecule has 0 radical (unpaired) electrons. The number of thiazole rings is 1. The Balaban J connectivity index is 0.000000339. The average Bonchev–Trinajstić information content (AvgIpc) is 3.18. The van der Waals surface area contributed by atoms with Crippen LogP contribution in [0.1, 0.15) is 29.0 Å². The predicted molar refractivity (Wildman–Crippen MR) is 110 cm³/mol. The second-order valence-electron chi connectivity index (χ2n) is 7.42. The van der Waals surface area contributed by atoms with Crippen molar-refractivity contribution in [3.8, 4) is 0 Å².